The summed E-state index contributed by atoms with van der Waals surface area (Å²) in [7, 11) is 0. The lowest BCUT2D eigenvalue weighted by molar-refractivity contribution is 0.0351. The van der Waals surface area contributed by atoms with Gasteiger partial charge >= 0.3 is 0 Å². The lowest BCUT2D eigenvalue weighted by atomic mass is 9.93. The Kier molecular flexibility index (Phi) is 3.93. The molecule has 0 radical (unpaired) electrons. The zero-order valence-electron chi connectivity index (χ0n) is 12.0. The van der Waals surface area contributed by atoms with Gasteiger partial charge in [0.1, 0.15) is 0 Å². The molecule has 0 unspecified atom stereocenters. The molecule has 1 saturated heterocycles. The van der Waals surface area contributed by atoms with Crippen molar-refractivity contribution in [3.8, 4) is 0 Å². The normalized spacial score (nSPS) is 22.1. The van der Waals surface area contributed by atoms with Crippen LogP contribution in [0.15, 0.2) is 18.2 Å². The van der Waals surface area contributed by atoms with Crippen molar-refractivity contribution in [3.05, 3.63) is 28.8 Å². The van der Waals surface area contributed by atoms with Gasteiger partial charge in [0, 0.05) is 25.7 Å². The van der Waals surface area contributed by atoms with Crippen LogP contribution >= 0.6 is 11.6 Å². The number of piperidine rings is 1. The van der Waals surface area contributed by atoms with Gasteiger partial charge in [0.2, 0.25) is 0 Å². The van der Waals surface area contributed by atoms with Gasteiger partial charge in [-0.1, -0.05) is 23.7 Å². The van der Waals surface area contributed by atoms with Crippen LogP contribution in [-0.4, -0.2) is 29.8 Å². The highest BCUT2D eigenvalue weighted by Crippen LogP contribution is 2.34. The summed E-state index contributed by atoms with van der Waals surface area (Å²) in [5, 5.41) is 14.5. The summed E-state index contributed by atoms with van der Waals surface area (Å²) in [4.78, 5) is 2.32. The molecular weight excluding hydrogens is 272 g/mol. The average Bonchev–Trinajstić information content (AvgIpc) is 3.21. The molecule has 1 aliphatic heterocycles. The Morgan fingerprint density at radius 2 is 2.05 bits per heavy atom. The van der Waals surface area contributed by atoms with E-state index in [-0.39, 0.29) is 0 Å². The van der Waals surface area contributed by atoms with Crippen molar-refractivity contribution in [2.24, 2.45) is 0 Å². The molecule has 4 heteroatoms. The molecule has 1 heterocycles. The van der Waals surface area contributed by atoms with E-state index in [4.69, 9.17) is 11.6 Å². The van der Waals surface area contributed by atoms with Gasteiger partial charge in [-0.15, -0.1) is 0 Å². The minimum Gasteiger partial charge on any atom is -0.390 e. The molecule has 1 saturated carbocycles. The van der Waals surface area contributed by atoms with E-state index in [1.807, 2.05) is 19.1 Å². The molecule has 0 spiro atoms. The highest BCUT2D eigenvalue weighted by molar-refractivity contribution is 6.33. The fourth-order valence-corrected chi connectivity index (χ4v) is 3.12. The summed E-state index contributed by atoms with van der Waals surface area (Å²) in [5.74, 6) is 0. The molecule has 0 atom stereocenters. The second-order valence-electron chi connectivity index (χ2n) is 6.39. The fourth-order valence-electron chi connectivity index (χ4n) is 2.81. The Balaban J connectivity index is 1.76. The molecule has 2 fully saturated rings. The summed E-state index contributed by atoms with van der Waals surface area (Å²) >= 11 is 6.43. The number of nitrogens with one attached hydrogen (secondary N) is 1. The van der Waals surface area contributed by atoms with E-state index in [1.165, 1.54) is 18.4 Å². The largest absolute Gasteiger partial charge is 0.390 e. The van der Waals surface area contributed by atoms with Crippen LogP contribution in [0, 0.1) is 0 Å². The van der Waals surface area contributed by atoms with E-state index < -0.39 is 5.60 Å². The van der Waals surface area contributed by atoms with Crippen LogP contribution in [0.1, 0.15) is 38.2 Å². The molecule has 110 valence electrons. The predicted molar refractivity (Wildman–Crippen MR) is 83.4 cm³/mol. The molecule has 1 aliphatic carbocycles. The van der Waals surface area contributed by atoms with Crippen LogP contribution in [0.4, 0.5) is 5.69 Å². The summed E-state index contributed by atoms with van der Waals surface area (Å²) in [5.41, 5.74) is 1.90. The maximum absolute atomic E-state index is 10.1. The number of rotatable bonds is 4. The van der Waals surface area contributed by atoms with Gasteiger partial charge in [0.25, 0.3) is 0 Å². The molecule has 3 nitrogen and oxygen atoms in total. The zero-order valence-corrected chi connectivity index (χ0v) is 12.8. The first-order valence-corrected chi connectivity index (χ1v) is 7.91. The third kappa shape index (κ3) is 3.27. The van der Waals surface area contributed by atoms with Gasteiger partial charge < -0.3 is 15.3 Å². The van der Waals surface area contributed by atoms with E-state index in [0.29, 0.717) is 6.04 Å². The first-order valence-electron chi connectivity index (χ1n) is 7.53. The third-order valence-corrected chi connectivity index (χ3v) is 4.69. The number of aliphatic hydroxyl groups is 1. The maximum atomic E-state index is 10.1. The summed E-state index contributed by atoms with van der Waals surface area (Å²) in [6.45, 7) is 4.54. The Morgan fingerprint density at radius 1 is 1.35 bits per heavy atom. The molecule has 2 aliphatic rings. The van der Waals surface area contributed by atoms with Gasteiger partial charge in [-0.2, -0.15) is 0 Å². The molecule has 2 N–H and O–H groups in total. The van der Waals surface area contributed by atoms with Gasteiger partial charge in [0.05, 0.1) is 16.3 Å². The summed E-state index contributed by atoms with van der Waals surface area (Å²) in [6, 6.07) is 6.84. The van der Waals surface area contributed by atoms with Crippen LogP contribution in [0.5, 0.6) is 0 Å². The Bertz CT molecular complexity index is 475. The Labute approximate surface area is 125 Å². The molecule has 0 bridgehead atoms. The van der Waals surface area contributed by atoms with Crippen LogP contribution in [0.25, 0.3) is 0 Å². The van der Waals surface area contributed by atoms with Crippen LogP contribution in [0.3, 0.4) is 0 Å². The van der Waals surface area contributed by atoms with Crippen molar-refractivity contribution in [1.82, 2.24) is 5.32 Å². The monoisotopic (exact) mass is 294 g/mol. The van der Waals surface area contributed by atoms with E-state index in [2.05, 4.69) is 16.3 Å². The fraction of sp³-hybridized carbons (Fsp3) is 0.625. The van der Waals surface area contributed by atoms with Gasteiger partial charge in [-0.05, 0) is 44.2 Å². The Hall–Kier alpha value is -0.770. The van der Waals surface area contributed by atoms with Crippen molar-refractivity contribution in [1.29, 1.82) is 0 Å². The SMILES string of the molecule is CC1(O)CCN(c2c(Cl)cccc2CNC2CC2)CC1. The lowest BCUT2D eigenvalue weighted by Gasteiger charge is -2.38. The molecular formula is C16H23ClN2O. The smallest absolute Gasteiger partial charge is 0.0653 e. The number of hydrogen-bond acceptors (Lipinski definition) is 3. The minimum absolute atomic E-state index is 0.524. The first kappa shape index (κ1) is 14.2. The zero-order chi connectivity index (χ0) is 14.2. The van der Waals surface area contributed by atoms with Crippen molar-refractivity contribution < 1.29 is 5.11 Å². The standard InChI is InChI=1S/C16H23ClN2O/c1-16(20)7-9-19(10-8-16)15-12(3-2-4-14(15)17)11-18-13-5-6-13/h2-4,13,18,20H,5-11H2,1H3. The molecule has 1 aromatic rings. The second kappa shape index (κ2) is 5.55. The Morgan fingerprint density at radius 3 is 2.70 bits per heavy atom. The van der Waals surface area contributed by atoms with E-state index >= 15 is 0 Å². The van der Waals surface area contributed by atoms with Crippen LogP contribution in [0.2, 0.25) is 5.02 Å². The van der Waals surface area contributed by atoms with E-state index in [9.17, 15) is 5.11 Å². The highest BCUT2D eigenvalue weighted by atomic mass is 35.5. The minimum atomic E-state index is -0.524. The lowest BCUT2D eigenvalue weighted by Crippen LogP contribution is -2.43. The van der Waals surface area contributed by atoms with Crippen molar-refractivity contribution >= 4 is 17.3 Å². The average molecular weight is 295 g/mol. The first-order chi connectivity index (χ1) is 9.55. The van der Waals surface area contributed by atoms with E-state index in [0.717, 1.165) is 43.2 Å². The molecule has 20 heavy (non-hydrogen) atoms. The predicted octanol–water partition coefficient (Wildman–Crippen LogP) is 2.94. The number of hydrogen-bond donors (Lipinski definition) is 2. The number of nitrogens with zero attached hydrogens (tertiary/aromatic N) is 1. The van der Waals surface area contributed by atoms with Crippen molar-refractivity contribution in [3.63, 3.8) is 0 Å². The highest BCUT2D eigenvalue weighted by Gasteiger charge is 2.29. The summed E-state index contributed by atoms with van der Waals surface area (Å²) in [6.07, 6.45) is 4.19. The van der Waals surface area contributed by atoms with Gasteiger partial charge in [0.15, 0.2) is 0 Å². The molecule has 0 amide bonds. The number of anilines is 1. The van der Waals surface area contributed by atoms with Crippen LogP contribution < -0.4 is 10.2 Å². The number of halogens is 1. The van der Waals surface area contributed by atoms with Crippen molar-refractivity contribution in [2.75, 3.05) is 18.0 Å². The molecule has 1 aromatic carbocycles. The second-order valence-corrected chi connectivity index (χ2v) is 6.79. The quantitative estimate of drug-likeness (QED) is 0.896. The molecule has 3 rings (SSSR count). The summed E-state index contributed by atoms with van der Waals surface area (Å²) < 4.78 is 0. The van der Waals surface area contributed by atoms with Crippen molar-refractivity contribution in [2.45, 2.75) is 50.8 Å². The van der Waals surface area contributed by atoms with Gasteiger partial charge in [-0.25, -0.2) is 0 Å². The number of benzene rings is 1. The maximum Gasteiger partial charge on any atom is 0.0653 e. The topological polar surface area (TPSA) is 35.5 Å². The molecule has 0 aromatic heterocycles. The van der Waals surface area contributed by atoms with Crippen LogP contribution in [-0.2, 0) is 6.54 Å². The van der Waals surface area contributed by atoms with E-state index in [1.54, 1.807) is 0 Å². The third-order valence-electron chi connectivity index (χ3n) is 4.39. The van der Waals surface area contributed by atoms with Gasteiger partial charge in [-0.3, -0.25) is 0 Å². The number of para-hydroxylation sites is 1.